The first-order valence-corrected chi connectivity index (χ1v) is 10.1. The van der Waals surface area contributed by atoms with E-state index in [-0.39, 0.29) is 5.92 Å². The summed E-state index contributed by atoms with van der Waals surface area (Å²) in [5.41, 5.74) is 3.29. The smallest absolute Gasteiger partial charge is 0.211 e. The maximum Gasteiger partial charge on any atom is 0.211 e. The maximum absolute atomic E-state index is 5.40. The minimum atomic E-state index is 0.0334. The zero-order valence-corrected chi connectivity index (χ0v) is 16.6. The van der Waals surface area contributed by atoms with Crippen molar-refractivity contribution in [2.24, 2.45) is 0 Å². The zero-order valence-electron chi connectivity index (χ0n) is 14.9. The van der Waals surface area contributed by atoms with Gasteiger partial charge in [-0.2, -0.15) is 0 Å². The number of benzene rings is 3. The Morgan fingerprint density at radius 2 is 1.25 bits per heavy atom. The number of hydrogen-bond donors (Lipinski definition) is 2. The van der Waals surface area contributed by atoms with E-state index in [2.05, 4.69) is 45.1 Å². The molecule has 0 spiro atoms. The Morgan fingerprint density at radius 3 is 1.82 bits per heavy atom. The Morgan fingerprint density at radius 1 is 0.714 bits per heavy atom. The summed E-state index contributed by atoms with van der Waals surface area (Å²) in [6, 6.07) is 30.5. The minimum Gasteiger partial charge on any atom is -0.332 e. The van der Waals surface area contributed by atoms with Gasteiger partial charge in [0.15, 0.2) is 5.11 Å². The lowest BCUT2D eigenvalue weighted by atomic mass is 9.92. The molecule has 0 fully saturated rings. The van der Waals surface area contributed by atoms with Gasteiger partial charge in [0, 0.05) is 5.69 Å². The average molecular weight is 403 g/mol. The molecule has 0 saturated heterocycles. The van der Waals surface area contributed by atoms with Gasteiger partial charge >= 0.3 is 0 Å². The minimum absolute atomic E-state index is 0.0334. The van der Waals surface area contributed by atoms with E-state index < -0.39 is 0 Å². The molecule has 138 valence electrons. The van der Waals surface area contributed by atoms with Crippen LogP contribution in [0.4, 0.5) is 10.8 Å². The lowest BCUT2D eigenvalue weighted by molar-refractivity contribution is 0.908. The SMILES string of the molecule is S=C(Nc1ccccc1)Nc1nnc(C(c2ccccc2)c2ccccc2)s1. The lowest BCUT2D eigenvalue weighted by Crippen LogP contribution is -2.18. The number of para-hydroxylation sites is 1. The van der Waals surface area contributed by atoms with Gasteiger partial charge < -0.3 is 10.6 Å². The number of anilines is 2. The van der Waals surface area contributed by atoms with E-state index in [4.69, 9.17) is 12.2 Å². The van der Waals surface area contributed by atoms with Crippen LogP contribution in [0.5, 0.6) is 0 Å². The predicted molar refractivity (Wildman–Crippen MR) is 120 cm³/mol. The molecule has 1 aromatic heterocycles. The topological polar surface area (TPSA) is 49.8 Å². The fraction of sp³-hybridized carbons (Fsp3) is 0.0455. The highest BCUT2D eigenvalue weighted by Crippen LogP contribution is 2.34. The van der Waals surface area contributed by atoms with Gasteiger partial charge in [0.25, 0.3) is 0 Å². The molecule has 0 bridgehead atoms. The Balaban J connectivity index is 1.56. The van der Waals surface area contributed by atoms with Crippen LogP contribution in [0.3, 0.4) is 0 Å². The van der Waals surface area contributed by atoms with Crippen LogP contribution in [0.25, 0.3) is 0 Å². The number of thiocarbonyl (C=S) groups is 1. The molecule has 2 N–H and O–H groups in total. The number of nitrogens with zero attached hydrogens (tertiary/aromatic N) is 2. The Bertz CT molecular complexity index is 994. The first-order valence-electron chi connectivity index (χ1n) is 8.86. The summed E-state index contributed by atoms with van der Waals surface area (Å²) in [6.45, 7) is 0. The third-order valence-electron chi connectivity index (χ3n) is 4.21. The van der Waals surface area contributed by atoms with Crippen molar-refractivity contribution in [3.05, 3.63) is 107 Å². The van der Waals surface area contributed by atoms with Crippen LogP contribution in [-0.4, -0.2) is 15.3 Å². The standard InChI is InChI=1S/C22H18N4S2/c27-21(23-18-14-8-3-9-15-18)24-22-26-25-20(28-22)19(16-10-4-1-5-11-16)17-12-6-2-7-13-17/h1-15,19H,(H2,23,24,26,27). The van der Waals surface area contributed by atoms with E-state index in [0.717, 1.165) is 10.7 Å². The van der Waals surface area contributed by atoms with Crippen molar-refractivity contribution < 1.29 is 0 Å². The van der Waals surface area contributed by atoms with E-state index in [0.29, 0.717) is 10.2 Å². The first-order chi connectivity index (χ1) is 13.8. The second-order valence-corrected chi connectivity index (χ2v) is 7.56. The molecule has 0 atom stereocenters. The van der Waals surface area contributed by atoms with Gasteiger partial charge in [-0.15, -0.1) is 10.2 Å². The fourth-order valence-electron chi connectivity index (χ4n) is 2.95. The molecule has 4 nitrogen and oxygen atoms in total. The zero-order chi connectivity index (χ0) is 19.2. The molecule has 1 heterocycles. The number of rotatable bonds is 5. The molecule has 0 aliphatic heterocycles. The van der Waals surface area contributed by atoms with Gasteiger partial charge in [-0.1, -0.05) is 90.2 Å². The van der Waals surface area contributed by atoms with Gasteiger partial charge in [0.2, 0.25) is 5.13 Å². The maximum atomic E-state index is 5.40. The summed E-state index contributed by atoms with van der Waals surface area (Å²) in [6.07, 6.45) is 0. The van der Waals surface area contributed by atoms with E-state index in [1.165, 1.54) is 22.5 Å². The van der Waals surface area contributed by atoms with E-state index in [1.54, 1.807) is 0 Å². The highest BCUT2D eigenvalue weighted by molar-refractivity contribution is 7.80. The number of hydrogen-bond acceptors (Lipinski definition) is 4. The summed E-state index contributed by atoms with van der Waals surface area (Å²) in [7, 11) is 0. The second kappa shape index (κ2) is 8.73. The predicted octanol–water partition coefficient (Wildman–Crippen LogP) is 5.53. The number of nitrogens with one attached hydrogen (secondary N) is 2. The first kappa shape index (κ1) is 18.3. The fourth-order valence-corrected chi connectivity index (χ4v) is 4.13. The van der Waals surface area contributed by atoms with Crippen LogP contribution >= 0.6 is 23.6 Å². The average Bonchev–Trinajstić information content (AvgIpc) is 3.18. The molecular weight excluding hydrogens is 384 g/mol. The van der Waals surface area contributed by atoms with Gasteiger partial charge in [-0.3, -0.25) is 0 Å². The van der Waals surface area contributed by atoms with E-state index in [1.807, 2.05) is 66.7 Å². The van der Waals surface area contributed by atoms with Gasteiger partial charge in [0.05, 0.1) is 5.92 Å². The molecule has 0 radical (unpaired) electrons. The Labute approximate surface area is 173 Å². The quantitative estimate of drug-likeness (QED) is 0.430. The lowest BCUT2D eigenvalue weighted by Gasteiger charge is -2.14. The molecule has 0 aliphatic rings. The third kappa shape index (κ3) is 4.42. The van der Waals surface area contributed by atoms with Crippen LogP contribution in [0, 0.1) is 0 Å². The van der Waals surface area contributed by atoms with Crippen molar-refractivity contribution >= 4 is 39.5 Å². The summed E-state index contributed by atoms with van der Waals surface area (Å²) < 4.78 is 0. The highest BCUT2D eigenvalue weighted by Gasteiger charge is 2.21. The molecule has 28 heavy (non-hydrogen) atoms. The Hall–Kier alpha value is -3.09. The van der Waals surface area contributed by atoms with Crippen molar-refractivity contribution in [2.75, 3.05) is 10.6 Å². The van der Waals surface area contributed by atoms with Crippen molar-refractivity contribution in [3.63, 3.8) is 0 Å². The van der Waals surface area contributed by atoms with E-state index in [9.17, 15) is 0 Å². The van der Waals surface area contributed by atoms with Crippen molar-refractivity contribution in [2.45, 2.75) is 5.92 Å². The van der Waals surface area contributed by atoms with Gasteiger partial charge in [-0.05, 0) is 35.5 Å². The molecular formula is C22H18N4S2. The van der Waals surface area contributed by atoms with Crippen molar-refractivity contribution in [1.82, 2.24) is 10.2 Å². The van der Waals surface area contributed by atoms with Crippen LogP contribution in [0.2, 0.25) is 0 Å². The molecule has 0 unspecified atom stereocenters. The summed E-state index contributed by atoms with van der Waals surface area (Å²) in [5, 5.41) is 17.1. The van der Waals surface area contributed by atoms with Crippen molar-refractivity contribution in [3.8, 4) is 0 Å². The normalized spacial score (nSPS) is 10.6. The van der Waals surface area contributed by atoms with Crippen LogP contribution in [0.1, 0.15) is 22.1 Å². The van der Waals surface area contributed by atoms with Gasteiger partial charge in [-0.25, -0.2) is 0 Å². The third-order valence-corrected chi connectivity index (χ3v) is 5.31. The van der Waals surface area contributed by atoms with E-state index >= 15 is 0 Å². The molecule has 4 aromatic rings. The molecule has 3 aromatic carbocycles. The second-order valence-electron chi connectivity index (χ2n) is 6.14. The van der Waals surface area contributed by atoms with Crippen molar-refractivity contribution in [1.29, 1.82) is 0 Å². The summed E-state index contributed by atoms with van der Waals surface area (Å²) >= 11 is 6.91. The van der Waals surface area contributed by atoms with Crippen LogP contribution in [0.15, 0.2) is 91.0 Å². The molecule has 4 rings (SSSR count). The Kier molecular flexibility index (Phi) is 5.70. The van der Waals surface area contributed by atoms with Crippen LogP contribution in [-0.2, 0) is 0 Å². The summed E-state index contributed by atoms with van der Waals surface area (Å²) in [4.78, 5) is 0. The highest BCUT2D eigenvalue weighted by atomic mass is 32.1. The van der Waals surface area contributed by atoms with Crippen LogP contribution < -0.4 is 10.6 Å². The summed E-state index contributed by atoms with van der Waals surface area (Å²) in [5.74, 6) is 0.0334. The number of aromatic nitrogens is 2. The molecule has 0 amide bonds. The van der Waals surface area contributed by atoms with Gasteiger partial charge in [0.1, 0.15) is 5.01 Å². The molecule has 6 heteroatoms. The monoisotopic (exact) mass is 402 g/mol. The molecule has 0 saturated carbocycles. The largest absolute Gasteiger partial charge is 0.332 e. The molecule has 0 aliphatic carbocycles.